The molecule has 2 N–H and O–H groups in total. The molecule has 41 heavy (non-hydrogen) atoms. The zero-order valence-corrected chi connectivity index (χ0v) is 24.2. The lowest BCUT2D eigenvalue weighted by Gasteiger charge is -2.38. The topological polar surface area (TPSA) is 142 Å². The van der Waals surface area contributed by atoms with Crippen molar-refractivity contribution < 1.29 is 31.7 Å². The summed E-state index contributed by atoms with van der Waals surface area (Å²) in [5.41, 5.74) is 0.261. The van der Waals surface area contributed by atoms with Gasteiger partial charge in [0, 0.05) is 38.8 Å². The van der Waals surface area contributed by atoms with E-state index >= 15 is 0 Å². The second kappa shape index (κ2) is 14.2. The predicted octanol–water partition coefficient (Wildman–Crippen LogP) is 2.74. The second-order valence-corrected chi connectivity index (χ2v) is 12.5. The number of rotatable bonds is 13. The maximum Gasteiger partial charge on any atom is 0.264 e. The number of carbonyl (C=O) groups excluding carboxylic acids is 2. The van der Waals surface area contributed by atoms with E-state index in [4.69, 9.17) is 20.9 Å². The van der Waals surface area contributed by atoms with Gasteiger partial charge in [0.1, 0.15) is 11.6 Å². The van der Waals surface area contributed by atoms with Crippen molar-refractivity contribution in [1.29, 1.82) is 0 Å². The molecule has 0 radical (unpaired) electrons. The number of amides is 2. The summed E-state index contributed by atoms with van der Waals surface area (Å²) in [6.07, 6.45) is 7.16. The highest BCUT2D eigenvalue weighted by Crippen LogP contribution is 2.25. The van der Waals surface area contributed by atoms with Crippen LogP contribution in [0.25, 0.3) is 0 Å². The minimum Gasteiger partial charge on any atom is -0.493 e. The zero-order valence-electron chi connectivity index (χ0n) is 22.7. The summed E-state index contributed by atoms with van der Waals surface area (Å²) in [4.78, 5) is 36.8. The van der Waals surface area contributed by atoms with Gasteiger partial charge in [0.05, 0.1) is 42.1 Å². The Hall–Kier alpha value is -3.03. The Morgan fingerprint density at radius 1 is 1.15 bits per heavy atom. The zero-order chi connectivity index (χ0) is 29.4. The Bertz CT molecular complexity index is 1300. The van der Waals surface area contributed by atoms with Gasteiger partial charge in [-0.2, -0.15) is 8.42 Å². The van der Waals surface area contributed by atoms with E-state index in [0.29, 0.717) is 29.2 Å². The number of hydrogen-bond donors (Lipinski definition) is 2. The van der Waals surface area contributed by atoms with Crippen LogP contribution in [-0.4, -0.2) is 84.7 Å². The molecule has 2 aliphatic rings. The SMILES string of the molecule is O=C(NCCCS(=O)(=O)O)C1CN(C(=O)Cc2ccc(OCCCC3CCN(c4ncc(Cl)cn4)CC3)cc2F)C1. The molecule has 224 valence electrons. The third-order valence-corrected chi connectivity index (χ3v) is 8.38. The molecule has 1 aromatic heterocycles. The molecule has 14 heteroatoms. The molecule has 0 spiro atoms. The van der Waals surface area contributed by atoms with Crippen LogP contribution in [0.3, 0.4) is 0 Å². The monoisotopic (exact) mass is 611 g/mol. The fraction of sp³-hybridized carbons (Fsp3) is 0.556. The number of benzene rings is 1. The van der Waals surface area contributed by atoms with E-state index in [-0.39, 0.29) is 49.9 Å². The van der Waals surface area contributed by atoms with Gasteiger partial charge in [0.25, 0.3) is 10.1 Å². The first kappa shape index (κ1) is 30.9. The number of anilines is 1. The molecule has 2 aromatic rings. The Kier molecular flexibility index (Phi) is 10.7. The molecule has 11 nitrogen and oxygen atoms in total. The van der Waals surface area contributed by atoms with Crippen molar-refractivity contribution in [3.63, 3.8) is 0 Å². The Labute approximate surface area is 244 Å². The number of aromatic nitrogens is 2. The van der Waals surface area contributed by atoms with Gasteiger partial charge in [-0.25, -0.2) is 14.4 Å². The largest absolute Gasteiger partial charge is 0.493 e. The fourth-order valence-electron chi connectivity index (χ4n) is 4.95. The van der Waals surface area contributed by atoms with Crippen LogP contribution in [0.2, 0.25) is 5.02 Å². The molecule has 0 bridgehead atoms. The molecule has 0 atom stereocenters. The molecule has 0 aliphatic carbocycles. The molecule has 0 unspecified atom stereocenters. The summed E-state index contributed by atoms with van der Waals surface area (Å²) in [6.45, 7) is 2.82. The quantitative estimate of drug-likeness (QED) is 0.258. The number of carbonyl (C=O) groups is 2. The van der Waals surface area contributed by atoms with Gasteiger partial charge in [-0.15, -0.1) is 0 Å². The van der Waals surface area contributed by atoms with Crippen LogP contribution >= 0.6 is 11.6 Å². The molecular weight excluding hydrogens is 577 g/mol. The van der Waals surface area contributed by atoms with E-state index < -0.39 is 27.6 Å². The first-order valence-electron chi connectivity index (χ1n) is 13.7. The minimum absolute atomic E-state index is 0.0975. The summed E-state index contributed by atoms with van der Waals surface area (Å²) in [5, 5.41) is 3.11. The Morgan fingerprint density at radius 2 is 1.85 bits per heavy atom. The Balaban J connectivity index is 1.10. The van der Waals surface area contributed by atoms with Gasteiger partial charge in [-0.05, 0) is 49.7 Å². The van der Waals surface area contributed by atoms with Gasteiger partial charge in [0.2, 0.25) is 17.8 Å². The van der Waals surface area contributed by atoms with Crippen LogP contribution in [0.5, 0.6) is 5.75 Å². The van der Waals surface area contributed by atoms with Gasteiger partial charge in [-0.3, -0.25) is 14.1 Å². The molecular formula is C27H35ClFN5O6S. The normalized spacial score (nSPS) is 16.4. The summed E-state index contributed by atoms with van der Waals surface area (Å²) >= 11 is 5.86. The third-order valence-electron chi connectivity index (χ3n) is 7.38. The average Bonchev–Trinajstić information content (AvgIpc) is 2.90. The minimum atomic E-state index is -4.06. The lowest BCUT2D eigenvalue weighted by molar-refractivity contribution is -0.142. The molecule has 2 fully saturated rings. The van der Waals surface area contributed by atoms with Crippen molar-refractivity contribution >= 4 is 39.5 Å². The molecule has 3 heterocycles. The van der Waals surface area contributed by atoms with Crippen LogP contribution < -0.4 is 15.0 Å². The smallest absolute Gasteiger partial charge is 0.264 e. The molecule has 2 amide bonds. The third kappa shape index (κ3) is 9.50. The van der Waals surface area contributed by atoms with Crippen molar-refractivity contribution in [3.05, 3.63) is 47.0 Å². The highest BCUT2D eigenvalue weighted by atomic mass is 35.5. The van der Waals surface area contributed by atoms with Gasteiger partial charge in [0.15, 0.2) is 0 Å². The summed E-state index contributed by atoms with van der Waals surface area (Å²) in [7, 11) is -4.06. The first-order valence-corrected chi connectivity index (χ1v) is 15.7. The summed E-state index contributed by atoms with van der Waals surface area (Å²) in [6, 6.07) is 4.51. The van der Waals surface area contributed by atoms with E-state index in [9.17, 15) is 22.4 Å². The van der Waals surface area contributed by atoms with Crippen LogP contribution in [0.1, 0.15) is 37.7 Å². The van der Waals surface area contributed by atoms with Crippen molar-refractivity contribution in [3.8, 4) is 5.75 Å². The number of nitrogens with zero attached hydrogens (tertiary/aromatic N) is 4. The lowest BCUT2D eigenvalue weighted by atomic mass is 9.92. The highest BCUT2D eigenvalue weighted by Gasteiger charge is 2.35. The van der Waals surface area contributed by atoms with Crippen molar-refractivity contribution in [2.24, 2.45) is 11.8 Å². The molecule has 2 aliphatic heterocycles. The molecule has 1 aromatic carbocycles. The van der Waals surface area contributed by atoms with Crippen molar-refractivity contribution in [2.45, 2.75) is 38.5 Å². The standard InChI is InChI=1S/C27H35ClFN5O6S/c28-22-15-31-27(32-16-22)33-9-6-19(7-10-33)3-1-11-40-23-5-4-20(24(29)14-23)13-25(35)34-17-21(18-34)26(36)30-8-2-12-41(37,38)39/h4-5,14-16,19,21H,1-3,6-13,17-18H2,(H,30,36)(H,37,38,39). The van der Waals surface area contributed by atoms with E-state index in [0.717, 1.165) is 38.8 Å². The predicted molar refractivity (Wildman–Crippen MR) is 151 cm³/mol. The van der Waals surface area contributed by atoms with Crippen LogP contribution in [-0.2, 0) is 26.1 Å². The van der Waals surface area contributed by atoms with Gasteiger partial charge >= 0.3 is 0 Å². The fourth-order valence-corrected chi connectivity index (χ4v) is 5.55. The molecule has 0 saturated carbocycles. The van der Waals surface area contributed by atoms with E-state index in [1.165, 1.54) is 11.0 Å². The van der Waals surface area contributed by atoms with Gasteiger partial charge in [-0.1, -0.05) is 17.7 Å². The number of ether oxygens (including phenoxy) is 1. The van der Waals surface area contributed by atoms with Crippen molar-refractivity contribution in [1.82, 2.24) is 20.2 Å². The van der Waals surface area contributed by atoms with E-state index in [1.54, 1.807) is 24.5 Å². The number of nitrogens with one attached hydrogen (secondary N) is 1. The van der Waals surface area contributed by atoms with E-state index in [1.807, 2.05) is 0 Å². The number of piperidine rings is 1. The maximum absolute atomic E-state index is 14.7. The van der Waals surface area contributed by atoms with Crippen LogP contribution in [0.15, 0.2) is 30.6 Å². The summed E-state index contributed by atoms with van der Waals surface area (Å²) in [5.74, 6) is -0.185. The number of likely N-dealkylation sites (tertiary alicyclic amines) is 1. The van der Waals surface area contributed by atoms with E-state index in [2.05, 4.69) is 20.2 Å². The number of hydrogen-bond acceptors (Lipinski definition) is 8. The van der Waals surface area contributed by atoms with Gasteiger partial charge < -0.3 is 19.9 Å². The lowest BCUT2D eigenvalue weighted by Crippen LogP contribution is -2.56. The average molecular weight is 612 g/mol. The maximum atomic E-state index is 14.7. The number of halogens is 2. The second-order valence-electron chi connectivity index (χ2n) is 10.5. The molecule has 4 rings (SSSR count). The summed E-state index contributed by atoms with van der Waals surface area (Å²) < 4.78 is 50.5. The van der Waals surface area contributed by atoms with Crippen LogP contribution in [0, 0.1) is 17.7 Å². The molecule has 2 saturated heterocycles. The van der Waals surface area contributed by atoms with Crippen LogP contribution in [0.4, 0.5) is 10.3 Å². The Morgan fingerprint density at radius 3 is 2.51 bits per heavy atom. The highest BCUT2D eigenvalue weighted by molar-refractivity contribution is 7.85. The first-order chi connectivity index (χ1) is 19.6. The van der Waals surface area contributed by atoms with Crippen molar-refractivity contribution in [2.75, 3.05) is 50.0 Å².